The Morgan fingerprint density at radius 1 is 0.872 bits per heavy atom. The molecule has 0 radical (unpaired) electrons. The van der Waals surface area contributed by atoms with E-state index in [0.29, 0.717) is 45.3 Å². The van der Waals surface area contributed by atoms with E-state index < -0.39 is 17.7 Å². The fraction of sp³-hybridized carbons (Fsp3) is 0.200. The van der Waals surface area contributed by atoms with E-state index in [1.807, 2.05) is 25.1 Å². The topological polar surface area (TPSA) is 120 Å². The van der Waals surface area contributed by atoms with E-state index in [4.69, 9.17) is 18.9 Å². The van der Waals surface area contributed by atoms with Gasteiger partial charge in [0.15, 0.2) is 27.3 Å². The lowest BCUT2D eigenvalue weighted by molar-refractivity contribution is -0.132. The minimum atomic E-state index is -1.04. The highest BCUT2D eigenvalue weighted by atomic mass is 32.2. The highest BCUT2D eigenvalue weighted by Crippen LogP contribution is 2.46. The number of hydrogen-bond donors (Lipinski definition) is 1. The third kappa shape index (κ3) is 6.09. The number of hydrogen-bond acceptors (Lipinski definition) is 11. The van der Waals surface area contributed by atoms with Crippen LogP contribution in [0.25, 0.3) is 16.5 Å². The Labute approximate surface area is 279 Å². The maximum absolute atomic E-state index is 13.8. The number of carbonyl (C=O) groups excluding carboxylic acids is 2. The SMILES string of the molecule is CCOc1ccc(C2/C(=C(/O)c3ccc(OC)c(OC)c3)C(=O)C(=O)N2c2nnc(SCc3cccc4ccccc34)s2)cc1OC. The van der Waals surface area contributed by atoms with E-state index in [-0.39, 0.29) is 22.0 Å². The number of aliphatic hydroxyl groups excluding tert-OH is 1. The molecular weight excluding hydrogens is 639 g/mol. The number of benzene rings is 4. The van der Waals surface area contributed by atoms with Crippen molar-refractivity contribution in [2.24, 2.45) is 0 Å². The number of amides is 1. The van der Waals surface area contributed by atoms with Crippen LogP contribution in [0.15, 0.2) is 88.8 Å². The molecule has 1 unspecified atom stereocenters. The van der Waals surface area contributed by atoms with Crippen LogP contribution in [0.4, 0.5) is 5.13 Å². The van der Waals surface area contributed by atoms with E-state index in [1.54, 1.807) is 36.4 Å². The molecule has 0 aliphatic carbocycles. The Balaban J connectivity index is 1.42. The normalized spacial score (nSPS) is 15.7. The number of methoxy groups -OCH3 is 3. The molecule has 12 heteroatoms. The third-order valence-electron chi connectivity index (χ3n) is 7.74. The van der Waals surface area contributed by atoms with Crippen molar-refractivity contribution in [2.75, 3.05) is 32.8 Å². The van der Waals surface area contributed by atoms with E-state index in [1.165, 1.54) is 49.3 Å². The standard InChI is InChI=1S/C35H31N3O7S2/c1-5-45-26-16-13-21(17-28(26)44-4)30-29(31(39)22-14-15-25(42-2)27(18-22)43-3)32(40)33(41)38(30)34-36-37-35(47-34)46-19-23-11-8-10-20-9-6-7-12-24(20)23/h6-18,30,39H,5,19H2,1-4H3/b31-29-. The number of thioether (sulfide) groups is 1. The molecule has 1 fully saturated rings. The van der Waals surface area contributed by atoms with Gasteiger partial charge < -0.3 is 24.1 Å². The van der Waals surface area contributed by atoms with Crippen molar-refractivity contribution in [3.63, 3.8) is 0 Å². The largest absolute Gasteiger partial charge is 0.507 e. The number of aliphatic hydroxyl groups is 1. The van der Waals surface area contributed by atoms with Gasteiger partial charge in [0.1, 0.15) is 5.76 Å². The molecule has 0 saturated carbocycles. The molecule has 2 heterocycles. The lowest BCUT2D eigenvalue weighted by Crippen LogP contribution is -2.29. The summed E-state index contributed by atoms with van der Waals surface area (Å²) in [6.07, 6.45) is 0. The van der Waals surface area contributed by atoms with Crippen molar-refractivity contribution < 1.29 is 33.6 Å². The molecule has 47 heavy (non-hydrogen) atoms. The number of anilines is 1. The van der Waals surface area contributed by atoms with Gasteiger partial charge in [-0.25, -0.2) is 0 Å². The maximum Gasteiger partial charge on any atom is 0.301 e. The van der Waals surface area contributed by atoms with Gasteiger partial charge in [0.2, 0.25) is 5.13 Å². The Morgan fingerprint density at radius 2 is 1.60 bits per heavy atom. The first kappa shape index (κ1) is 31.9. The number of carbonyl (C=O) groups is 2. The van der Waals surface area contributed by atoms with Crippen molar-refractivity contribution in [1.82, 2.24) is 10.2 Å². The zero-order valence-electron chi connectivity index (χ0n) is 26.1. The summed E-state index contributed by atoms with van der Waals surface area (Å²) in [5, 5.41) is 22.9. The van der Waals surface area contributed by atoms with Crippen molar-refractivity contribution in [3.05, 3.63) is 101 Å². The van der Waals surface area contributed by atoms with Crippen LogP contribution < -0.4 is 23.8 Å². The molecule has 240 valence electrons. The van der Waals surface area contributed by atoms with Crippen molar-refractivity contribution >= 4 is 56.5 Å². The Morgan fingerprint density at radius 3 is 2.36 bits per heavy atom. The zero-order chi connectivity index (χ0) is 33.1. The Hall–Kier alpha value is -5.07. The van der Waals surface area contributed by atoms with Gasteiger partial charge in [0.25, 0.3) is 5.78 Å². The number of fused-ring (bicyclic) bond motifs is 1. The molecular formula is C35H31N3O7S2. The monoisotopic (exact) mass is 669 g/mol. The predicted molar refractivity (Wildman–Crippen MR) is 182 cm³/mol. The van der Waals surface area contributed by atoms with Crippen molar-refractivity contribution in [3.8, 4) is 23.0 Å². The second-order valence-corrected chi connectivity index (χ2v) is 12.5. The van der Waals surface area contributed by atoms with Gasteiger partial charge in [-0.2, -0.15) is 0 Å². The summed E-state index contributed by atoms with van der Waals surface area (Å²) in [6.45, 7) is 2.27. The van der Waals surface area contributed by atoms with Gasteiger partial charge in [-0.15, -0.1) is 10.2 Å². The van der Waals surface area contributed by atoms with Gasteiger partial charge in [-0.1, -0.05) is 71.6 Å². The fourth-order valence-corrected chi connectivity index (χ4v) is 7.40. The summed E-state index contributed by atoms with van der Waals surface area (Å²) in [5.41, 5.74) is 1.80. The Kier molecular flexibility index (Phi) is 9.32. The maximum atomic E-state index is 13.8. The summed E-state index contributed by atoms with van der Waals surface area (Å²) in [4.78, 5) is 28.8. The minimum Gasteiger partial charge on any atom is -0.507 e. The third-order valence-corrected chi connectivity index (χ3v) is 9.84. The van der Waals surface area contributed by atoms with Crippen LogP contribution in [0, 0.1) is 0 Å². The molecule has 5 aromatic rings. The number of ether oxygens (including phenoxy) is 4. The van der Waals surface area contributed by atoms with Crippen molar-refractivity contribution in [1.29, 1.82) is 0 Å². The molecule has 1 aliphatic rings. The first-order valence-corrected chi connectivity index (χ1v) is 16.5. The number of ketones is 1. The summed E-state index contributed by atoms with van der Waals surface area (Å²) >= 11 is 2.69. The molecule has 6 rings (SSSR count). The molecule has 10 nitrogen and oxygen atoms in total. The molecule has 1 aromatic heterocycles. The Bertz CT molecular complexity index is 2000. The van der Waals surface area contributed by atoms with Gasteiger partial charge >= 0.3 is 5.91 Å². The molecule has 0 bridgehead atoms. The predicted octanol–water partition coefficient (Wildman–Crippen LogP) is 7.03. The summed E-state index contributed by atoms with van der Waals surface area (Å²) in [6, 6.07) is 23.2. The molecule has 1 atom stereocenters. The molecule has 4 aromatic carbocycles. The summed E-state index contributed by atoms with van der Waals surface area (Å²) in [7, 11) is 4.48. The highest BCUT2D eigenvalue weighted by molar-refractivity contribution is 8.00. The first-order valence-electron chi connectivity index (χ1n) is 14.7. The van der Waals surface area contributed by atoms with Crippen LogP contribution in [0.3, 0.4) is 0 Å². The van der Waals surface area contributed by atoms with Crippen LogP contribution >= 0.6 is 23.1 Å². The smallest absolute Gasteiger partial charge is 0.301 e. The molecule has 1 saturated heterocycles. The van der Waals surface area contributed by atoms with E-state index in [0.717, 1.165) is 16.3 Å². The quantitative estimate of drug-likeness (QED) is 0.0516. The van der Waals surface area contributed by atoms with E-state index in [9.17, 15) is 14.7 Å². The van der Waals surface area contributed by atoms with Crippen LogP contribution in [-0.2, 0) is 15.3 Å². The average Bonchev–Trinajstić information content (AvgIpc) is 3.68. The van der Waals surface area contributed by atoms with Crippen LogP contribution in [0.5, 0.6) is 23.0 Å². The van der Waals surface area contributed by atoms with Crippen LogP contribution in [0.1, 0.15) is 29.7 Å². The number of Topliss-reactive ketones (excluding diaryl/α,β-unsaturated/α-hetero) is 1. The summed E-state index contributed by atoms with van der Waals surface area (Å²) < 4.78 is 22.7. The molecule has 1 N–H and O–H groups in total. The zero-order valence-corrected chi connectivity index (χ0v) is 27.7. The van der Waals surface area contributed by atoms with Crippen molar-refractivity contribution in [2.45, 2.75) is 23.1 Å². The van der Waals surface area contributed by atoms with Gasteiger partial charge in [-0.3, -0.25) is 14.5 Å². The van der Waals surface area contributed by atoms with E-state index in [2.05, 4.69) is 34.5 Å². The lowest BCUT2D eigenvalue weighted by atomic mass is 9.95. The fourth-order valence-electron chi connectivity index (χ4n) is 5.53. The molecule has 0 spiro atoms. The second kappa shape index (κ2) is 13.7. The van der Waals surface area contributed by atoms with Crippen LogP contribution in [-0.4, -0.2) is 54.9 Å². The number of aromatic nitrogens is 2. The minimum absolute atomic E-state index is 0.117. The highest BCUT2D eigenvalue weighted by Gasteiger charge is 2.48. The molecule has 1 aliphatic heterocycles. The van der Waals surface area contributed by atoms with Gasteiger partial charge in [-0.05, 0) is 59.2 Å². The average molecular weight is 670 g/mol. The summed E-state index contributed by atoms with van der Waals surface area (Å²) in [5.74, 6) is 0.250. The lowest BCUT2D eigenvalue weighted by Gasteiger charge is -2.23. The van der Waals surface area contributed by atoms with Gasteiger partial charge in [0, 0.05) is 11.3 Å². The van der Waals surface area contributed by atoms with Gasteiger partial charge in [0.05, 0.1) is 39.6 Å². The first-order chi connectivity index (χ1) is 22.9. The van der Waals surface area contributed by atoms with Crippen LogP contribution in [0.2, 0.25) is 0 Å². The number of rotatable bonds is 11. The molecule has 1 amide bonds. The van der Waals surface area contributed by atoms with E-state index >= 15 is 0 Å². The number of nitrogens with zero attached hydrogens (tertiary/aromatic N) is 3. The second-order valence-electron chi connectivity index (χ2n) is 10.4.